The summed E-state index contributed by atoms with van der Waals surface area (Å²) in [5.74, 6) is 0.0210. The van der Waals surface area contributed by atoms with Gasteiger partial charge in [0.25, 0.3) is 0 Å². The Balaban J connectivity index is 1.48. The lowest BCUT2D eigenvalue weighted by molar-refractivity contribution is -0.122. The van der Waals surface area contributed by atoms with Crippen LogP contribution in [0, 0.1) is 5.82 Å². The number of benzene rings is 1. The van der Waals surface area contributed by atoms with Crippen molar-refractivity contribution in [3.05, 3.63) is 42.0 Å². The van der Waals surface area contributed by atoms with Crippen LogP contribution in [0.2, 0.25) is 0 Å². The van der Waals surface area contributed by atoms with E-state index in [0.717, 1.165) is 12.8 Å². The predicted octanol–water partition coefficient (Wildman–Crippen LogP) is 2.05. The summed E-state index contributed by atoms with van der Waals surface area (Å²) >= 11 is 0. The summed E-state index contributed by atoms with van der Waals surface area (Å²) in [6.07, 6.45) is 6.12. The van der Waals surface area contributed by atoms with Gasteiger partial charge < -0.3 is 10.1 Å². The number of carbonyl (C=O) groups excluding carboxylic acids is 1. The van der Waals surface area contributed by atoms with Crippen LogP contribution in [0.4, 0.5) is 4.39 Å². The Labute approximate surface area is 133 Å². The minimum absolute atomic E-state index is 0.0561. The second kappa shape index (κ2) is 7.21. The van der Waals surface area contributed by atoms with E-state index < -0.39 is 0 Å². The maximum atomic E-state index is 13.1. The molecule has 0 radical (unpaired) electrons. The van der Waals surface area contributed by atoms with Crippen LogP contribution in [0.5, 0.6) is 5.75 Å². The number of rotatable bonds is 6. The molecule has 1 aliphatic rings. The van der Waals surface area contributed by atoms with Gasteiger partial charge in [0.15, 0.2) is 0 Å². The Morgan fingerprint density at radius 1 is 1.39 bits per heavy atom. The molecule has 6 nitrogen and oxygen atoms in total. The first kappa shape index (κ1) is 15.5. The van der Waals surface area contributed by atoms with E-state index in [2.05, 4.69) is 15.6 Å². The molecule has 1 fully saturated rings. The van der Waals surface area contributed by atoms with Gasteiger partial charge in [0.2, 0.25) is 5.91 Å². The Bertz CT molecular complexity index is 668. The van der Waals surface area contributed by atoms with E-state index in [4.69, 9.17) is 4.74 Å². The fourth-order valence-corrected chi connectivity index (χ4v) is 2.69. The number of carbonyl (C=O) groups is 1. The SMILES string of the molecule is O=C(Cn1cc(COc2cccc(F)c2)nn1)NC1CCCC1. The van der Waals surface area contributed by atoms with Crippen LogP contribution in [0.25, 0.3) is 0 Å². The summed E-state index contributed by atoms with van der Waals surface area (Å²) in [7, 11) is 0. The van der Waals surface area contributed by atoms with E-state index in [-0.39, 0.29) is 24.9 Å². The van der Waals surface area contributed by atoms with Gasteiger partial charge in [-0.2, -0.15) is 0 Å². The van der Waals surface area contributed by atoms with Crippen LogP contribution in [-0.4, -0.2) is 26.9 Å². The van der Waals surface area contributed by atoms with Gasteiger partial charge in [0, 0.05) is 12.1 Å². The van der Waals surface area contributed by atoms with Crippen molar-refractivity contribution < 1.29 is 13.9 Å². The summed E-state index contributed by atoms with van der Waals surface area (Å²) in [4.78, 5) is 11.9. The molecule has 0 spiro atoms. The second-order valence-corrected chi connectivity index (χ2v) is 5.70. The molecule has 1 aromatic heterocycles. The summed E-state index contributed by atoms with van der Waals surface area (Å²) in [6.45, 7) is 0.317. The Hall–Kier alpha value is -2.44. The first-order chi connectivity index (χ1) is 11.2. The molecule has 2 aromatic rings. The zero-order valence-electron chi connectivity index (χ0n) is 12.7. The van der Waals surface area contributed by atoms with Gasteiger partial charge in [-0.05, 0) is 25.0 Å². The molecule has 3 rings (SSSR count). The quantitative estimate of drug-likeness (QED) is 0.885. The van der Waals surface area contributed by atoms with Crippen molar-refractivity contribution in [3.8, 4) is 5.75 Å². The number of hydrogen-bond acceptors (Lipinski definition) is 4. The van der Waals surface area contributed by atoms with Crippen molar-refractivity contribution in [2.45, 2.75) is 44.9 Å². The Morgan fingerprint density at radius 2 is 2.22 bits per heavy atom. The molecule has 0 aliphatic heterocycles. The number of nitrogens with one attached hydrogen (secondary N) is 1. The highest BCUT2D eigenvalue weighted by molar-refractivity contribution is 5.75. The smallest absolute Gasteiger partial charge is 0.242 e. The van der Waals surface area contributed by atoms with Crippen LogP contribution in [0.3, 0.4) is 0 Å². The molecule has 1 heterocycles. The van der Waals surface area contributed by atoms with Crippen molar-refractivity contribution in [1.29, 1.82) is 0 Å². The van der Waals surface area contributed by atoms with Crippen molar-refractivity contribution in [2.24, 2.45) is 0 Å². The predicted molar refractivity (Wildman–Crippen MR) is 81.2 cm³/mol. The molecule has 0 saturated heterocycles. The number of nitrogens with zero attached hydrogens (tertiary/aromatic N) is 3. The molecular weight excluding hydrogens is 299 g/mol. The molecule has 0 atom stereocenters. The third-order valence-corrected chi connectivity index (χ3v) is 3.79. The number of hydrogen-bond donors (Lipinski definition) is 1. The van der Waals surface area contributed by atoms with E-state index in [0.29, 0.717) is 17.5 Å². The minimum atomic E-state index is -0.352. The van der Waals surface area contributed by atoms with Gasteiger partial charge in [0.1, 0.15) is 30.4 Å². The largest absolute Gasteiger partial charge is 0.487 e. The van der Waals surface area contributed by atoms with Gasteiger partial charge >= 0.3 is 0 Å². The standard InChI is InChI=1S/C16H19FN4O2/c17-12-4-3-7-15(8-12)23-11-14-9-21(20-19-14)10-16(22)18-13-5-1-2-6-13/h3-4,7-9,13H,1-2,5-6,10-11H2,(H,18,22). The first-order valence-corrected chi connectivity index (χ1v) is 7.76. The van der Waals surface area contributed by atoms with Gasteiger partial charge in [-0.3, -0.25) is 4.79 Å². The van der Waals surface area contributed by atoms with E-state index in [9.17, 15) is 9.18 Å². The van der Waals surface area contributed by atoms with Crippen LogP contribution in [0.15, 0.2) is 30.5 Å². The number of ether oxygens (including phenoxy) is 1. The molecule has 1 N–H and O–H groups in total. The second-order valence-electron chi connectivity index (χ2n) is 5.70. The van der Waals surface area contributed by atoms with Crippen molar-refractivity contribution in [2.75, 3.05) is 0 Å². The summed E-state index contributed by atoms with van der Waals surface area (Å²) in [6, 6.07) is 6.20. The third kappa shape index (κ3) is 4.51. The average molecular weight is 318 g/mol. The Morgan fingerprint density at radius 3 is 3.00 bits per heavy atom. The van der Waals surface area contributed by atoms with Gasteiger partial charge in [-0.1, -0.05) is 24.1 Å². The number of halogens is 1. The zero-order valence-corrected chi connectivity index (χ0v) is 12.7. The lowest BCUT2D eigenvalue weighted by Gasteiger charge is -2.11. The van der Waals surface area contributed by atoms with Gasteiger partial charge in [-0.25, -0.2) is 9.07 Å². The number of amides is 1. The zero-order chi connectivity index (χ0) is 16.1. The third-order valence-electron chi connectivity index (χ3n) is 3.79. The molecule has 1 aliphatic carbocycles. The van der Waals surface area contributed by atoms with Gasteiger partial charge in [-0.15, -0.1) is 5.10 Å². The average Bonchev–Trinajstić information content (AvgIpc) is 3.17. The molecule has 1 amide bonds. The van der Waals surface area contributed by atoms with E-state index >= 15 is 0 Å². The number of aromatic nitrogens is 3. The molecular formula is C16H19FN4O2. The fourth-order valence-electron chi connectivity index (χ4n) is 2.69. The monoisotopic (exact) mass is 318 g/mol. The van der Waals surface area contributed by atoms with E-state index in [1.165, 1.54) is 29.7 Å². The van der Waals surface area contributed by atoms with E-state index in [1.54, 1.807) is 18.3 Å². The molecule has 7 heteroatoms. The fraction of sp³-hybridized carbons (Fsp3) is 0.438. The molecule has 1 saturated carbocycles. The lowest BCUT2D eigenvalue weighted by Crippen LogP contribution is -2.35. The topological polar surface area (TPSA) is 69.0 Å². The van der Waals surface area contributed by atoms with Gasteiger partial charge in [0.05, 0.1) is 6.20 Å². The molecule has 1 aromatic carbocycles. The van der Waals surface area contributed by atoms with Crippen LogP contribution < -0.4 is 10.1 Å². The Kier molecular flexibility index (Phi) is 4.85. The highest BCUT2D eigenvalue weighted by Crippen LogP contribution is 2.17. The van der Waals surface area contributed by atoms with E-state index in [1.807, 2.05) is 0 Å². The van der Waals surface area contributed by atoms with Crippen LogP contribution in [0.1, 0.15) is 31.4 Å². The summed E-state index contributed by atoms with van der Waals surface area (Å²) in [5.41, 5.74) is 0.586. The van der Waals surface area contributed by atoms with Crippen molar-refractivity contribution in [3.63, 3.8) is 0 Å². The lowest BCUT2D eigenvalue weighted by atomic mass is 10.2. The van der Waals surface area contributed by atoms with Crippen LogP contribution >= 0.6 is 0 Å². The van der Waals surface area contributed by atoms with Crippen molar-refractivity contribution >= 4 is 5.91 Å². The maximum absolute atomic E-state index is 13.1. The minimum Gasteiger partial charge on any atom is -0.487 e. The summed E-state index contributed by atoms with van der Waals surface area (Å²) < 4.78 is 20.0. The summed E-state index contributed by atoms with van der Waals surface area (Å²) in [5, 5.41) is 10.9. The molecule has 0 bridgehead atoms. The highest BCUT2D eigenvalue weighted by atomic mass is 19.1. The molecule has 23 heavy (non-hydrogen) atoms. The molecule has 122 valence electrons. The van der Waals surface area contributed by atoms with Crippen LogP contribution in [-0.2, 0) is 17.9 Å². The maximum Gasteiger partial charge on any atom is 0.242 e. The first-order valence-electron chi connectivity index (χ1n) is 7.76. The normalized spacial score (nSPS) is 14.8. The van der Waals surface area contributed by atoms with Crippen molar-refractivity contribution in [1.82, 2.24) is 20.3 Å². The highest BCUT2D eigenvalue weighted by Gasteiger charge is 2.17. The molecule has 0 unspecified atom stereocenters.